The maximum absolute atomic E-state index is 14.0. The van der Waals surface area contributed by atoms with E-state index in [4.69, 9.17) is 0 Å². The second kappa shape index (κ2) is 14.3. The van der Waals surface area contributed by atoms with E-state index in [0.29, 0.717) is 12.1 Å². The summed E-state index contributed by atoms with van der Waals surface area (Å²) in [4.78, 5) is 14.0. The predicted molar refractivity (Wildman–Crippen MR) is 175 cm³/mol. The Bertz CT molecular complexity index is 1780. The fourth-order valence-electron chi connectivity index (χ4n) is 5.13. The van der Waals surface area contributed by atoms with Gasteiger partial charge in [-0.1, -0.05) is 91.9 Å². The van der Waals surface area contributed by atoms with Gasteiger partial charge in [-0.2, -0.15) is 13.2 Å². The van der Waals surface area contributed by atoms with Crippen LogP contribution in [0.15, 0.2) is 109 Å². The van der Waals surface area contributed by atoms with Crippen molar-refractivity contribution >= 4 is 33.4 Å². The molecule has 0 unspecified atom stereocenters. The number of carbonyl (C=O) groups is 1. The van der Waals surface area contributed by atoms with Crippen LogP contribution < -0.4 is 14.9 Å². The fourth-order valence-corrected chi connectivity index (χ4v) is 6.16. The van der Waals surface area contributed by atoms with Crippen LogP contribution in [0, 0.1) is 5.92 Å². The molecule has 1 amide bonds. The number of rotatable bonds is 12. The maximum atomic E-state index is 14.0. The molecule has 11 heteroatoms. The van der Waals surface area contributed by atoms with Gasteiger partial charge in [0.25, 0.3) is 5.91 Å². The Kier molecular flexibility index (Phi) is 10.7. The second-order valence-electron chi connectivity index (χ2n) is 11.0. The summed E-state index contributed by atoms with van der Waals surface area (Å²) in [6, 6.07) is 27.0. The van der Waals surface area contributed by atoms with E-state index in [1.54, 1.807) is 68.5 Å². The summed E-state index contributed by atoms with van der Waals surface area (Å²) in [5, 5.41) is 17.5. The van der Waals surface area contributed by atoms with Gasteiger partial charge in [0.15, 0.2) is 5.85 Å². The number of benzene rings is 4. The standard InChI is InChI=1S/C35H36F3N3O4S/c1-4-13-30-31(20-12-21-32(30)41(46(3,44)45)29-18-9-6-10-19-29)33(42)40-35(43,25(2)22-26-14-7-5-8-15-26)39-24-27-16-11-17-28(23-27)34(36,37)38/h4-21,23,25,39,43H,22,24H2,1-3H3,(H,40,42)/t25-,35+/m1/s1. The summed E-state index contributed by atoms with van der Waals surface area (Å²) in [5.74, 6) is -3.49. The zero-order valence-corrected chi connectivity index (χ0v) is 26.4. The average molecular weight is 652 g/mol. The highest BCUT2D eigenvalue weighted by Crippen LogP contribution is 2.34. The molecule has 0 aromatic heterocycles. The molecule has 0 aliphatic carbocycles. The van der Waals surface area contributed by atoms with Crippen molar-refractivity contribution in [1.82, 2.24) is 10.6 Å². The number of alkyl halides is 3. The van der Waals surface area contributed by atoms with Gasteiger partial charge in [0, 0.05) is 23.6 Å². The third kappa shape index (κ3) is 8.42. The monoisotopic (exact) mass is 651 g/mol. The van der Waals surface area contributed by atoms with Crippen molar-refractivity contribution < 1.29 is 31.5 Å². The highest BCUT2D eigenvalue weighted by molar-refractivity contribution is 7.92. The van der Waals surface area contributed by atoms with Crippen molar-refractivity contribution in [2.75, 3.05) is 10.6 Å². The van der Waals surface area contributed by atoms with Gasteiger partial charge in [-0.05, 0) is 54.8 Å². The number of hydrogen-bond donors (Lipinski definition) is 3. The number of carbonyl (C=O) groups excluding carboxylic acids is 1. The molecule has 3 N–H and O–H groups in total. The van der Waals surface area contributed by atoms with E-state index >= 15 is 0 Å². The van der Waals surface area contributed by atoms with Crippen LogP contribution in [-0.2, 0) is 29.2 Å². The molecule has 0 radical (unpaired) electrons. The van der Waals surface area contributed by atoms with Crippen molar-refractivity contribution in [3.63, 3.8) is 0 Å². The summed E-state index contributed by atoms with van der Waals surface area (Å²) < 4.78 is 67.3. The average Bonchev–Trinajstić information content (AvgIpc) is 3.01. The number of nitrogens with zero attached hydrogens (tertiary/aromatic N) is 1. The zero-order chi connectivity index (χ0) is 33.5. The molecule has 2 atom stereocenters. The van der Waals surface area contributed by atoms with E-state index in [9.17, 15) is 31.5 Å². The Balaban J connectivity index is 1.74. The molecule has 0 saturated carbocycles. The Morgan fingerprint density at radius 2 is 1.52 bits per heavy atom. The lowest BCUT2D eigenvalue weighted by molar-refractivity contribution is -0.137. The minimum absolute atomic E-state index is 0.0754. The number of nitrogens with one attached hydrogen (secondary N) is 2. The largest absolute Gasteiger partial charge is 0.416 e. The van der Waals surface area contributed by atoms with Crippen molar-refractivity contribution in [2.24, 2.45) is 5.92 Å². The first-order valence-electron chi connectivity index (χ1n) is 14.5. The minimum atomic E-state index is -4.55. The summed E-state index contributed by atoms with van der Waals surface area (Å²) >= 11 is 0. The van der Waals surface area contributed by atoms with E-state index in [-0.39, 0.29) is 28.9 Å². The van der Waals surface area contributed by atoms with Crippen molar-refractivity contribution in [3.05, 3.63) is 137 Å². The molecular formula is C35H36F3N3O4S. The molecule has 0 fully saturated rings. The van der Waals surface area contributed by atoms with Crippen molar-refractivity contribution in [2.45, 2.75) is 38.8 Å². The van der Waals surface area contributed by atoms with Crippen molar-refractivity contribution in [3.8, 4) is 0 Å². The number of aliphatic hydroxyl groups is 1. The lowest BCUT2D eigenvalue weighted by atomic mass is 9.94. The van der Waals surface area contributed by atoms with E-state index in [0.717, 1.165) is 28.3 Å². The lowest BCUT2D eigenvalue weighted by Crippen LogP contribution is -2.63. The van der Waals surface area contributed by atoms with E-state index in [1.165, 1.54) is 18.2 Å². The highest BCUT2D eigenvalue weighted by Gasteiger charge is 2.37. The van der Waals surface area contributed by atoms with Crippen LogP contribution in [0.5, 0.6) is 0 Å². The van der Waals surface area contributed by atoms with Gasteiger partial charge >= 0.3 is 6.18 Å². The molecule has 242 valence electrons. The van der Waals surface area contributed by atoms with E-state index in [1.807, 2.05) is 30.3 Å². The molecule has 0 heterocycles. The normalized spacial score (nSPS) is 14.1. The quantitative estimate of drug-likeness (QED) is 0.145. The van der Waals surface area contributed by atoms with Crippen LogP contribution >= 0.6 is 0 Å². The van der Waals surface area contributed by atoms with Gasteiger partial charge in [0.2, 0.25) is 10.0 Å². The van der Waals surface area contributed by atoms with Gasteiger partial charge in [-0.15, -0.1) is 0 Å². The van der Waals surface area contributed by atoms with Gasteiger partial charge in [-0.25, -0.2) is 12.7 Å². The number of para-hydroxylation sites is 1. The van der Waals surface area contributed by atoms with Crippen LogP contribution in [0.3, 0.4) is 0 Å². The predicted octanol–water partition coefficient (Wildman–Crippen LogP) is 6.88. The van der Waals surface area contributed by atoms with Crippen LogP contribution in [0.4, 0.5) is 24.5 Å². The molecule has 0 aliphatic heterocycles. The molecule has 0 aliphatic rings. The fraction of sp³-hybridized carbons (Fsp3) is 0.229. The Labute approximate surface area is 267 Å². The Hall–Kier alpha value is -4.45. The summed E-state index contributed by atoms with van der Waals surface area (Å²) in [6.45, 7) is 3.23. The lowest BCUT2D eigenvalue weighted by Gasteiger charge is -2.36. The molecule has 0 bridgehead atoms. The third-order valence-electron chi connectivity index (χ3n) is 7.42. The summed E-state index contributed by atoms with van der Waals surface area (Å²) in [7, 11) is -3.86. The molecule has 7 nitrogen and oxygen atoms in total. The number of amides is 1. The molecule has 46 heavy (non-hydrogen) atoms. The number of halogens is 3. The van der Waals surface area contributed by atoms with Crippen LogP contribution in [0.1, 0.15) is 46.5 Å². The van der Waals surface area contributed by atoms with Crippen molar-refractivity contribution in [1.29, 1.82) is 0 Å². The minimum Gasteiger partial charge on any atom is -0.358 e. The molecule has 4 aromatic rings. The SMILES string of the molecule is CC=Cc1c(C(=O)N[C@@](O)(NCc2cccc(C(F)(F)F)c2)[C@H](C)Cc2ccccc2)cccc1N(c1ccccc1)S(C)(=O)=O. The molecule has 4 rings (SSSR count). The van der Waals surface area contributed by atoms with E-state index < -0.39 is 39.4 Å². The molecule has 0 saturated heterocycles. The summed E-state index contributed by atoms with van der Waals surface area (Å²) in [5.41, 5.74) is 1.23. The zero-order valence-electron chi connectivity index (χ0n) is 25.6. The smallest absolute Gasteiger partial charge is 0.358 e. The van der Waals surface area contributed by atoms with Gasteiger partial charge in [0.05, 0.1) is 23.2 Å². The van der Waals surface area contributed by atoms with Crippen LogP contribution in [0.2, 0.25) is 0 Å². The van der Waals surface area contributed by atoms with E-state index in [2.05, 4.69) is 10.6 Å². The molecule has 4 aromatic carbocycles. The topological polar surface area (TPSA) is 98.7 Å². The van der Waals surface area contributed by atoms with Gasteiger partial charge in [0.1, 0.15) is 0 Å². The maximum Gasteiger partial charge on any atom is 0.416 e. The van der Waals surface area contributed by atoms with Gasteiger partial charge < -0.3 is 10.4 Å². The summed E-state index contributed by atoms with van der Waals surface area (Å²) in [6.07, 6.45) is 0.0960. The Morgan fingerprint density at radius 1 is 0.913 bits per heavy atom. The van der Waals surface area contributed by atoms with Crippen LogP contribution in [0.25, 0.3) is 6.08 Å². The number of sulfonamides is 1. The first kappa shape index (κ1) is 34.4. The third-order valence-corrected chi connectivity index (χ3v) is 8.49. The second-order valence-corrected chi connectivity index (χ2v) is 12.8. The molecule has 0 spiro atoms. The van der Waals surface area contributed by atoms with Crippen LogP contribution in [-0.4, -0.2) is 31.5 Å². The first-order chi connectivity index (χ1) is 21.7. The number of hydrogen-bond acceptors (Lipinski definition) is 5. The highest BCUT2D eigenvalue weighted by atomic mass is 32.2. The Morgan fingerprint density at radius 3 is 2.13 bits per heavy atom. The number of anilines is 2. The first-order valence-corrected chi connectivity index (χ1v) is 16.4. The number of allylic oxidation sites excluding steroid dienone is 1. The molecular weight excluding hydrogens is 615 g/mol. The van der Waals surface area contributed by atoms with Gasteiger partial charge in [-0.3, -0.25) is 10.1 Å².